The number of halogens is 4. The summed E-state index contributed by atoms with van der Waals surface area (Å²) in [6, 6.07) is 6.61. The zero-order valence-corrected chi connectivity index (χ0v) is 11.4. The highest BCUT2D eigenvalue weighted by Crippen LogP contribution is 2.29. The van der Waals surface area contributed by atoms with E-state index < -0.39 is 17.8 Å². The zero-order chi connectivity index (χ0) is 14.8. The highest BCUT2D eigenvalue weighted by Gasteiger charge is 2.29. The Kier molecular flexibility index (Phi) is 4.03. The third-order valence-corrected chi connectivity index (χ3v) is 2.71. The molecular formula is C12H8BrF3N2O2. The molecule has 0 aliphatic rings. The molecular weight excluding hydrogens is 341 g/mol. The van der Waals surface area contributed by atoms with Crippen molar-refractivity contribution in [2.75, 3.05) is 10.6 Å². The number of furan rings is 1. The number of carbonyl (C=O) groups is 1. The summed E-state index contributed by atoms with van der Waals surface area (Å²) in [4.78, 5) is 11.6. The minimum Gasteiger partial charge on any atom is -0.434 e. The predicted octanol–water partition coefficient (Wildman–Crippen LogP) is 4.70. The molecule has 0 aliphatic heterocycles. The Morgan fingerprint density at radius 3 is 2.20 bits per heavy atom. The van der Waals surface area contributed by atoms with Crippen molar-refractivity contribution >= 4 is 33.5 Å². The first-order chi connectivity index (χ1) is 9.34. The van der Waals surface area contributed by atoms with E-state index in [0.717, 1.165) is 12.1 Å². The van der Waals surface area contributed by atoms with Gasteiger partial charge in [0.2, 0.25) is 5.88 Å². The summed E-state index contributed by atoms with van der Waals surface area (Å²) in [6.07, 6.45) is -4.40. The van der Waals surface area contributed by atoms with Gasteiger partial charge in [-0.25, -0.2) is 4.79 Å². The van der Waals surface area contributed by atoms with Crippen LogP contribution in [-0.4, -0.2) is 6.03 Å². The maximum atomic E-state index is 12.4. The fourth-order valence-corrected chi connectivity index (χ4v) is 1.70. The van der Waals surface area contributed by atoms with Gasteiger partial charge in [-0.3, -0.25) is 5.32 Å². The van der Waals surface area contributed by atoms with Gasteiger partial charge >= 0.3 is 12.2 Å². The summed E-state index contributed by atoms with van der Waals surface area (Å²) in [5.74, 6) is 0.210. The van der Waals surface area contributed by atoms with Gasteiger partial charge in [0.15, 0.2) is 4.67 Å². The van der Waals surface area contributed by atoms with Crippen molar-refractivity contribution in [2.45, 2.75) is 6.18 Å². The fraction of sp³-hybridized carbons (Fsp3) is 0.0833. The third kappa shape index (κ3) is 3.77. The average molecular weight is 349 g/mol. The van der Waals surface area contributed by atoms with E-state index >= 15 is 0 Å². The molecule has 0 unspecified atom stereocenters. The minimum atomic E-state index is -4.40. The summed E-state index contributed by atoms with van der Waals surface area (Å²) in [6.45, 7) is 0. The van der Waals surface area contributed by atoms with Crippen LogP contribution in [0.4, 0.5) is 29.5 Å². The first-order valence-electron chi connectivity index (χ1n) is 5.35. The zero-order valence-electron chi connectivity index (χ0n) is 9.79. The van der Waals surface area contributed by atoms with E-state index in [0.29, 0.717) is 4.67 Å². The van der Waals surface area contributed by atoms with Crippen LogP contribution in [0.5, 0.6) is 0 Å². The summed E-state index contributed by atoms with van der Waals surface area (Å²) < 4.78 is 42.6. The van der Waals surface area contributed by atoms with Gasteiger partial charge in [0.25, 0.3) is 0 Å². The van der Waals surface area contributed by atoms with Crippen LogP contribution < -0.4 is 10.6 Å². The molecule has 2 N–H and O–H groups in total. The largest absolute Gasteiger partial charge is 0.434 e. The van der Waals surface area contributed by atoms with Gasteiger partial charge in [-0.15, -0.1) is 0 Å². The molecule has 0 spiro atoms. The fourth-order valence-electron chi connectivity index (χ4n) is 1.40. The van der Waals surface area contributed by atoms with E-state index in [2.05, 4.69) is 26.6 Å². The van der Waals surface area contributed by atoms with Crippen molar-refractivity contribution in [3.63, 3.8) is 0 Å². The second-order valence-electron chi connectivity index (χ2n) is 3.76. The first-order valence-corrected chi connectivity index (χ1v) is 6.14. The van der Waals surface area contributed by atoms with E-state index in [1.165, 1.54) is 18.2 Å². The van der Waals surface area contributed by atoms with Crippen molar-refractivity contribution in [1.82, 2.24) is 0 Å². The molecule has 1 aromatic carbocycles. The molecule has 20 heavy (non-hydrogen) atoms. The number of hydrogen-bond acceptors (Lipinski definition) is 2. The molecule has 1 aromatic heterocycles. The molecule has 8 heteroatoms. The number of carbonyl (C=O) groups excluding carboxylic acids is 1. The van der Waals surface area contributed by atoms with Gasteiger partial charge in [0.1, 0.15) is 0 Å². The normalized spacial score (nSPS) is 11.2. The number of benzene rings is 1. The lowest BCUT2D eigenvalue weighted by Crippen LogP contribution is -2.19. The predicted molar refractivity (Wildman–Crippen MR) is 70.5 cm³/mol. The maximum absolute atomic E-state index is 12.4. The molecule has 0 saturated heterocycles. The van der Waals surface area contributed by atoms with Crippen LogP contribution >= 0.6 is 15.9 Å². The second kappa shape index (κ2) is 5.58. The average Bonchev–Trinajstić information content (AvgIpc) is 2.74. The summed E-state index contributed by atoms with van der Waals surface area (Å²) >= 11 is 3.07. The number of amides is 2. The number of nitrogens with one attached hydrogen (secondary N) is 2. The van der Waals surface area contributed by atoms with E-state index in [-0.39, 0.29) is 11.6 Å². The quantitative estimate of drug-likeness (QED) is 0.825. The van der Waals surface area contributed by atoms with Crippen LogP contribution in [0.25, 0.3) is 0 Å². The van der Waals surface area contributed by atoms with Crippen molar-refractivity contribution in [1.29, 1.82) is 0 Å². The van der Waals surface area contributed by atoms with E-state index in [1.807, 2.05) is 0 Å². The van der Waals surface area contributed by atoms with Gasteiger partial charge in [0.05, 0.1) is 5.56 Å². The molecule has 0 atom stereocenters. The molecule has 0 radical (unpaired) electrons. The molecule has 0 aliphatic carbocycles. The Morgan fingerprint density at radius 2 is 1.70 bits per heavy atom. The highest BCUT2D eigenvalue weighted by atomic mass is 79.9. The molecule has 2 aromatic rings. The molecule has 106 valence electrons. The van der Waals surface area contributed by atoms with Crippen LogP contribution in [0.3, 0.4) is 0 Å². The monoisotopic (exact) mass is 348 g/mol. The van der Waals surface area contributed by atoms with E-state index in [1.54, 1.807) is 6.07 Å². The Bertz CT molecular complexity index is 608. The highest BCUT2D eigenvalue weighted by molar-refractivity contribution is 9.10. The van der Waals surface area contributed by atoms with Crippen LogP contribution in [0, 0.1) is 0 Å². The van der Waals surface area contributed by atoms with Gasteiger partial charge in [0, 0.05) is 11.8 Å². The lowest BCUT2D eigenvalue weighted by Gasteiger charge is -2.08. The summed E-state index contributed by atoms with van der Waals surface area (Å²) in [5.41, 5.74) is -0.542. The Morgan fingerprint density at radius 1 is 1.05 bits per heavy atom. The van der Waals surface area contributed by atoms with Crippen LogP contribution in [-0.2, 0) is 6.18 Å². The standard InChI is InChI=1S/C12H8BrF3N2O2/c13-9-5-6-10(20-9)18-11(19)17-8-3-1-7(2-4-8)12(14,15)16/h1-6H,(H2,17,18,19). The summed E-state index contributed by atoms with van der Waals surface area (Å²) in [5, 5.41) is 4.77. The van der Waals surface area contributed by atoms with Crippen LogP contribution in [0.15, 0.2) is 45.5 Å². The van der Waals surface area contributed by atoms with Crippen molar-refractivity contribution in [3.8, 4) is 0 Å². The number of urea groups is 1. The molecule has 0 saturated carbocycles. The second-order valence-corrected chi connectivity index (χ2v) is 4.54. The Balaban J connectivity index is 1.98. The van der Waals surface area contributed by atoms with E-state index in [4.69, 9.17) is 4.42 Å². The smallest absolute Gasteiger partial charge is 0.416 e. The Hall–Kier alpha value is -1.96. The van der Waals surface area contributed by atoms with Crippen molar-refractivity contribution in [3.05, 3.63) is 46.6 Å². The molecule has 1 heterocycles. The SMILES string of the molecule is O=C(Nc1ccc(C(F)(F)F)cc1)Nc1ccc(Br)o1. The van der Waals surface area contributed by atoms with Gasteiger partial charge in [-0.2, -0.15) is 13.2 Å². The number of hydrogen-bond donors (Lipinski definition) is 2. The van der Waals surface area contributed by atoms with Crippen LogP contribution in [0.2, 0.25) is 0 Å². The number of rotatable bonds is 2. The summed E-state index contributed by atoms with van der Waals surface area (Å²) in [7, 11) is 0. The lowest BCUT2D eigenvalue weighted by atomic mass is 10.2. The molecule has 0 fully saturated rings. The Labute approximate surface area is 120 Å². The lowest BCUT2D eigenvalue weighted by molar-refractivity contribution is -0.137. The van der Waals surface area contributed by atoms with Gasteiger partial charge in [-0.1, -0.05) is 0 Å². The molecule has 2 rings (SSSR count). The third-order valence-electron chi connectivity index (χ3n) is 2.28. The van der Waals surface area contributed by atoms with E-state index in [9.17, 15) is 18.0 Å². The number of anilines is 2. The first kappa shape index (κ1) is 14.4. The topological polar surface area (TPSA) is 54.3 Å². The van der Waals surface area contributed by atoms with Crippen molar-refractivity contribution in [2.24, 2.45) is 0 Å². The minimum absolute atomic E-state index is 0.210. The maximum Gasteiger partial charge on any atom is 0.416 e. The molecule has 2 amide bonds. The molecule has 0 bridgehead atoms. The molecule has 4 nitrogen and oxygen atoms in total. The van der Waals surface area contributed by atoms with Crippen LogP contribution in [0.1, 0.15) is 5.56 Å². The number of alkyl halides is 3. The van der Waals surface area contributed by atoms with Gasteiger partial charge in [-0.05, 0) is 46.3 Å². The van der Waals surface area contributed by atoms with Crippen molar-refractivity contribution < 1.29 is 22.4 Å². The van der Waals surface area contributed by atoms with Gasteiger partial charge < -0.3 is 9.73 Å².